The number of rotatable bonds is 8. The van der Waals surface area contributed by atoms with Crippen molar-refractivity contribution in [1.29, 1.82) is 0 Å². The molecule has 2 nitrogen and oxygen atoms in total. The second-order valence-electron chi connectivity index (χ2n) is 15.2. The van der Waals surface area contributed by atoms with E-state index >= 15 is 0 Å². The third-order valence-corrected chi connectivity index (χ3v) is 11.7. The molecule has 0 amide bonds. The monoisotopic (exact) mass is 765 g/mol. The molecule has 0 bridgehead atoms. The van der Waals surface area contributed by atoms with Crippen molar-refractivity contribution in [2.24, 2.45) is 0 Å². The molecule has 0 saturated carbocycles. The Kier molecular flexibility index (Phi) is 8.87. The largest absolute Gasteiger partial charge is 0.456 e. The van der Waals surface area contributed by atoms with Crippen LogP contribution in [0.4, 0.5) is 17.1 Å². The molecule has 0 N–H and O–H groups in total. The molecule has 0 radical (unpaired) electrons. The molecular weight excluding hydrogens is 727 g/mol. The van der Waals surface area contributed by atoms with E-state index in [-0.39, 0.29) is 0 Å². The van der Waals surface area contributed by atoms with E-state index in [1.807, 2.05) is 12.1 Å². The van der Waals surface area contributed by atoms with Gasteiger partial charge in [-0.3, -0.25) is 0 Å². The minimum absolute atomic E-state index is 0.873. The molecule has 60 heavy (non-hydrogen) atoms. The third kappa shape index (κ3) is 6.32. The maximum atomic E-state index is 6.32. The van der Waals surface area contributed by atoms with E-state index in [0.717, 1.165) is 50.1 Å². The molecule has 10 aromatic carbocycles. The Morgan fingerprint density at radius 3 is 1.48 bits per heavy atom. The summed E-state index contributed by atoms with van der Waals surface area (Å²) in [5.41, 5.74) is 16.8. The van der Waals surface area contributed by atoms with Crippen molar-refractivity contribution in [3.63, 3.8) is 0 Å². The van der Waals surface area contributed by atoms with Crippen molar-refractivity contribution in [3.8, 4) is 55.6 Å². The predicted octanol–water partition coefficient (Wildman–Crippen LogP) is 16.5. The van der Waals surface area contributed by atoms with Crippen LogP contribution in [0, 0.1) is 0 Å². The summed E-state index contributed by atoms with van der Waals surface area (Å²) in [7, 11) is 0. The lowest BCUT2D eigenvalue weighted by molar-refractivity contribution is 0.669. The van der Waals surface area contributed by atoms with E-state index in [0.29, 0.717) is 0 Å². The van der Waals surface area contributed by atoms with Gasteiger partial charge in [-0.2, -0.15) is 0 Å². The summed E-state index contributed by atoms with van der Waals surface area (Å²) >= 11 is 0. The molecule has 0 spiro atoms. The number of para-hydroxylation sites is 1. The lowest BCUT2D eigenvalue weighted by Crippen LogP contribution is -2.10. The van der Waals surface area contributed by atoms with Crippen molar-refractivity contribution in [1.82, 2.24) is 0 Å². The summed E-state index contributed by atoms with van der Waals surface area (Å²) < 4.78 is 6.32. The number of hydrogen-bond donors (Lipinski definition) is 0. The van der Waals surface area contributed by atoms with E-state index in [2.05, 4.69) is 229 Å². The van der Waals surface area contributed by atoms with Crippen LogP contribution in [-0.2, 0) is 0 Å². The Balaban J connectivity index is 1.13. The highest BCUT2D eigenvalue weighted by Crippen LogP contribution is 2.46. The SMILES string of the molecule is c1ccc(-c2ccccc2-c2c(-c3ccccc3)cccc2-c2cccc(N(c3cccc(-c4cccc5ccccc45)c3)c3ccc4oc5ccccc5c4c3)c2)cc1. The van der Waals surface area contributed by atoms with Crippen LogP contribution in [0.5, 0.6) is 0 Å². The first-order valence-corrected chi connectivity index (χ1v) is 20.5. The van der Waals surface area contributed by atoms with Crippen LogP contribution < -0.4 is 4.90 Å². The van der Waals surface area contributed by atoms with Gasteiger partial charge in [0.2, 0.25) is 0 Å². The predicted molar refractivity (Wildman–Crippen MR) is 253 cm³/mol. The van der Waals surface area contributed by atoms with Gasteiger partial charge >= 0.3 is 0 Å². The van der Waals surface area contributed by atoms with Crippen LogP contribution in [0.15, 0.2) is 241 Å². The van der Waals surface area contributed by atoms with Gasteiger partial charge in [0.1, 0.15) is 11.2 Å². The van der Waals surface area contributed by atoms with Crippen LogP contribution in [0.3, 0.4) is 0 Å². The molecule has 0 aliphatic heterocycles. The standard InChI is InChI=1S/C58H39NO/c1-3-17-40(18-4-1)49-28-9-10-30-54(49)58-51(42-19-5-2-6-20-42)32-16-33-52(58)44-24-14-26-46(38-44)59(47-35-36-57-55(39-47)53-29-11-12-34-56(53)60-57)45-25-13-23-43(37-45)50-31-15-22-41-21-7-8-27-48(41)50/h1-39H. The highest BCUT2D eigenvalue weighted by Gasteiger charge is 2.21. The first kappa shape index (κ1) is 35.2. The van der Waals surface area contributed by atoms with Gasteiger partial charge in [0.15, 0.2) is 0 Å². The summed E-state index contributed by atoms with van der Waals surface area (Å²) in [6.07, 6.45) is 0. The molecule has 1 heterocycles. The Hall–Kier alpha value is -7.94. The first-order chi connectivity index (χ1) is 29.8. The summed E-state index contributed by atoms with van der Waals surface area (Å²) in [6.45, 7) is 0. The molecule has 2 heteroatoms. The van der Waals surface area contributed by atoms with E-state index < -0.39 is 0 Å². The van der Waals surface area contributed by atoms with Crippen LogP contribution in [0.25, 0.3) is 88.3 Å². The molecule has 0 aliphatic carbocycles. The number of benzene rings is 10. The minimum atomic E-state index is 0.873. The van der Waals surface area contributed by atoms with E-state index in [9.17, 15) is 0 Å². The van der Waals surface area contributed by atoms with Crippen molar-refractivity contribution in [3.05, 3.63) is 237 Å². The Labute approximate surface area is 349 Å². The van der Waals surface area contributed by atoms with Crippen molar-refractivity contribution < 1.29 is 4.42 Å². The van der Waals surface area contributed by atoms with Gasteiger partial charge in [-0.15, -0.1) is 0 Å². The highest BCUT2D eigenvalue weighted by molar-refractivity contribution is 6.07. The van der Waals surface area contributed by atoms with Crippen molar-refractivity contribution in [2.75, 3.05) is 4.90 Å². The van der Waals surface area contributed by atoms with Crippen LogP contribution in [0.2, 0.25) is 0 Å². The maximum absolute atomic E-state index is 6.32. The number of hydrogen-bond acceptors (Lipinski definition) is 2. The van der Waals surface area contributed by atoms with Crippen LogP contribution in [-0.4, -0.2) is 0 Å². The molecule has 11 rings (SSSR count). The average molecular weight is 766 g/mol. The number of nitrogens with zero attached hydrogens (tertiary/aromatic N) is 1. The Bertz CT molecular complexity index is 3320. The minimum Gasteiger partial charge on any atom is -0.456 e. The summed E-state index contributed by atoms with van der Waals surface area (Å²) in [5, 5.41) is 4.65. The molecule has 0 fully saturated rings. The zero-order valence-corrected chi connectivity index (χ0v) is 32.9. The second kappa shape index (κ2) is 15.1. The molecule has 0 aliphatic rings. The van der Waals surface area contributed by atoms with Gasteiger partial charge in [-0.05, 0) is 115 Å². The third-order valence-electron chi connectivity index (χ3n) is 11.7. The lowest BCUT2D eigenvalue weighted by Gasteiger charge is -2.27. The van der Waals surface area contributed by atoms with Gasteiger partial charge in [0, 0.05) is 27.8 Å². The summed E-state index contributed by atoms with van der Waals surface area (Å²) in [6, 6.07) is 85.0. The Morgan fingerprint density at radius 1 is 0.267 bits per heavy atom. The molecule has 11 aromatic rings. The lowest BCUT2D eigenvalue weighted by atomic mass is 9.84. The van der Waals surface area contributed by atoms with Gasteiger partial charge in [-0.1, -0.05) is 188 Å². The first-order valence-electron chi connectivity index (χ1n) is 20.5. The van der Waals surface area contributed by atoms with Gasteiger partial charge in [0.05, 0.1) is 0 Å². The van der Waals surface area contributed by atoms with Gasteiger partial charge in [0.25, 0.3) is 0 Å². The fourth-order valence-corrected chi connectivity index (χ4v) is 8.91. The van der Waals surface area contributed by atoms with Crippen molar-refractivity contribution in [2.45, 2.75) is 0 Å². The quantitative estimate of drug-likeness (QED) is 0.153. The zero-order valence-electron chi connectivity index (χ0n) is 32.9. The van der Waals surface area contributed by atoms with Crippen molar-refractivity contribution >= 4 is 49.8 Å². The smallest absolute Gasteiger partial charge is 0.135 e. The van der Waals surface area contributed by atoms with Crippen LogP contribution >= 0.6 is 0 Å². The van der Waals surface area contributed by atoms with E-state index in [1.165, 1.54) is 55.3 Å². The zero-order chi connectivity index (χ0) is 39.8. The topological polar surface area (TPSA) is 16.4 Å². The fraction of sp³-hybridized carbons (Fsp3) is 0. The van der Waals surface area contributed by atoms with E-state index in [4.69, 9.17) is 4.42 Å². The number of furan rings is 1. The normalized spacial score (nSPS) is 11.3. The van der Waals surface area contributed by atoms with Gasteiger partial charge < -0.3 is 9.32 Å². The second-order valence-corrected chi connectivity index (χ2v) is 15.2. The maximum Gasteiger partial charge on any atom is 0.135 e. The molecular formula is C58H39NO. The highest BCUT2D eigenvalue weighted by atomic mass is 16.3. The van der Waals surface area contributed by atoms with Gasteiger partial charge in [-0.25, -0.2) is 0 Å². The summed E-state index contributed by atoms with van der Waals surface area (Å²) in [4.78, 5) is 2.39. The molecule has 1 aromatic heterocycles. The fourth-order valence-electron chi connectivity index (χ4n) is 8.91. The number of anilines is 3. The van der Waals surface area contributed by atoms with E-state index in [1.54, 1.807) is 0 Å². The molecule has 0 saturated heterocycles. The molecule has 282 valence electrons. The molecule has 0 unspecified atom stereocenters. The molecule has 0 atom stereocenters. The Morgan fingerprint density at radius 2 is 0.733 bits per heavy atom. The average Bonchev–Trinajstić information content (AvgIpc) is 3.70. The summed E-state index contributed by atoms with van der Waals surface area (Å²) in [5.74, 6) is 0. The number of fused-ring (bicyclic) bond motifs is 4. The van der Waals surface area contributed by atoms with Crippen LogP contribution in [0.1, 0.15) is 0 Å².